The van der Waals surface area contributed by atoms with E-state index in [1.165, 1.54) is 12.5 Å². The Morgan fingerprint density at radius 1 is 0.953 bits per heavy atom. The number of hydrogen-bond acceptors (Lipinski definition) is 6. The number of nitrogens with zero attached hydrogens (tertiary/aromatic N) is 1. The van der Waals surface area contributed by atoms with E-state index in [9.17, 15) is 14.7 Å². The highest BCUT2D eigenvalue weighted by Crippen LogP contribution is 2.39. The van der Waals surface area contributed by atoms with Crippen molar-refractivity contribution in [2.24, 2.45) is 0 Å². The summed E-state index contributed by atoms with van der Waals surface area (Å²) in [6.07, 6.45) is 2.71. The van der Waals surface area contributed by atoms with E-state index in [4.69, 9.17) is 9.47 Å². The molecule has 230 valence electrons. The van der Waals surface area contributed by atoms with Crippen LogP contribution in [0.5, 0.6) is 0 Å². The monoisotopic (exact) mass is 587 g/mol. The Bertz CT molecular complexity index is 1300. The summed E-state index contributed by atoms with van der Waals surface area (Å²) in [7, 11) is 2.12. The van der Waals surface area contributed by atoms with Crippen LogP contribution in [0.25, 0.3) is 0 Å². The number of anilines is 1. The first-order valence-corrected chi connectivity index (χ1v) is 15.2. The van der Waals surface area contributed by atoms with E-state index in [2.05, 4.69) is 53.8 Å². The highest BCUT2D eigenvalue weighted by atomic mass is 16.7. The highest BCUT2D eigenvalue weighted by Gasteiger charge is 2.33. The van der Waals surface area contributed by atoms with Crippen molar-refractivity contribution < 1.29 is 24.2 Å². The van der Waals surface area contributed by atoms with E-state index in [1.54, 1.807) is 0 Å². The van der Waals surface area contributed by atoms with E-state index in [-0.39, 0.29) is 36.7 Å². The van der Waals surface area contributed by atoms with E-state index in [1.807, 2.05) is 54.6 Å². The van der Waals surface area contributed by atoms with Gasteiger partial charge in [0.2, 0.25) is 11.8 Å². The molecular formula is C35H45N3O5. The molecule has 0 aromatic heterocycles. The zero-order valence-corrected chi connectivity index (χ0v) is 25.5. The third-order valence-corrected chi connectivity index (χ3v) is 7.95. The van der Waals surface area contributed by atoms with Crippen LogP contribution < -0.4 is 10.6 Å². The van der Waals surface area contributed by atoms with Crippen LogP contribution in [-0.4, -0.2) is 48.1 Å². The first-order valence-electron chi connectivity index (χ1n) is 15.2. The maximum Gasteiger partial charge on any atom is 0.224 e. The van der Waals surface area contributed by atoms with Gasteiger partial charge in [-0.3, -0.25) is 14.5 Å². The van der Waals surface area contributed by atoms with Gasteiger partial charge in [-0.05, 0) is 55.6 Å². The van der Waals surface area contributed by atoms with Gasteiger partial charge in [0.05, 0.1) is 18.8 Å². The average molecular weight is 588 g/mol. The van der Waals surface area contributed by atoms with Gasteiger partial charge in [0, 0.05) is 50.1 Å². The molecule has 0 unspecified atom stereocenters. The van der Waals surface area contributed by atoms with Crippen molar-refractivity contribution in [3.8, 4) is 0 Å². The Hall–Kier alpha value is -3.56. The fraction of sp³-hybridized carbons (Fsp3) is 0.429. The Kier molecular flexibility index (Phi) is 12.3. The minimum atomic E-state index is -0.604. The lowest BCUT2D eigenvalue weighted by molar-refractivity contribution is -0.253. The van der Waals surface area contributed by atoms with Gasteiger partial charge < -0.3 is 25.2 Å². The summed E-state index contributed by atoms with van der Waals surface area (Å²) >= 11 is 0. The third kappa shape index (κ3) is 10.0. The number of aliphatic hydroxyl groups excluding tert-OH is 1. The Morgan fingerprint density at radius 2 is 1.72 bits per heavy atom. The lowest BCUT2D eigenvalue weighted by atomic mass is 9.99. The molecule has 3 N–H and O–H groups in total. The van der Waals surface area contributed by atoms with Crippen LogP contribution in [-0.2, 0) is 25.7 Å². The van der Waals surface area contributed by atoms with Gasteiger partial charge in [-0.2, -0.15) is 0 Å². The number of benzene rings is 3. The minimum absolute atomic E-state index is 0.00206. The Balaban J connectivity index is 1.43. The topological polar surface area (TPSA) is 100 Å². The zero-order valence-electron chi connectivity index (χ0n) is 25.5. The molecule has 3 aromatic rings. The molecule has 1 fully saturated rings. The van der Waals surface area contributed by atoms with E-state index < -0.39 is 6.29 Å². The zero-order chi connectivity index (χ0) is 30.6. The van der Waals surface area contributed by atoms with Gasteiger partial charge in [-0.15, -0.1) is 0 Å². The summed E-state index contributed by atoms with van der Waals surface area (Å²) in [5, 5.41) is 15.3. The van der Waals surface area contributed by atoms with Crippen molar-refractivity contribution in [3.05, 3.63) is 101 Å². The van der Waals surface area contributed by atoms with Crippen LogP contribution in [0.4, 0.5) is 5.69 Å². The number of rotatable bonds is 14. The SMILES string of the molecule is CC(=O)NCCCCCC(=O)Nc1cccc([C@H]2O[C@@H](CN(C)[C@@H](C)c3ccccc3)C[C@@H](c3ccc(CO)cc3)O2)c1. The number of carbonyl (C=O) groups is 2. The molecule has 1 aliphatic rings. The summed E-state index contributed by atoms with van der Waals surface area (Å²) in [5.41, 5.74) is 4.69. The Labute approximate surface area is 255 Å². The van der Waals surface area contributed by atoms with Crippen LogP contribution in [0.15, 0.2) is 78.9 Å². The molecule has 0 spiro atoms. The first-order chi connectivity index (χ1) is 20.8. The molecule has 0 radical (unpaired) electrons. The van der Waals surface area contributed by atoms with Gasteiger partial charge in [-0.1, -0.05) is 73.2 Å². The summed E-state index contributed by atoms with van der Waals surface area (Å²) in [6, 6.07) is 26.2. The predicted octanol–water partition coefficient (Wildman–Crippen LogP) is 6.05. The molecule has 0 aliphatic carbocycles. The summed E-state index contributed by atoms with van der Waals surface area (Å²) in [6.45, 7) is 5.06. The average Bonchev–Trinajstić information content (AvgIpc) is 3.02. The standard InChI is InChI=1S/C35H45N3O5/c1-25(28-11-6-4-7-12-28)38(3)23-32-22-33(29-18-16-27(24-39)17-19-29)43-35(42-32)30-13-10-14-31(21-30)37-34(41)15-8-5-9-20-36-26(2)40/h4,6-7,10-14,16-19,21,25,32-33,35,39H,5,8-9,15,20,22-24H2,1-3H3,(H,36,40)(H,37,41)/t25-,32+,33-,35-/m0/s1. The Morgan fingerprint density at radius 3 is 2.44 bits per heavy atom. The van der Waals surface area contributed by atoms with Gasteiger partial charge in [-0.25, -0.2) is 0 Å². The fourth-order valence-electron chi connectivity index (χ4n) is 5.34. The predicted molar refractivity (Wildman–Crippen MR) is 168 cm³/mol. The van der Waals surface area contributed by atoms with Crippen LogP contribution in [0.1, 0.15) is 86.6 Å². The van der Waals surface area contributed by atoms with Gasteiger partial charge in [0.25, 0.3) is 0 Å². The molecule has 4 atom stereocenters. The van der Waals surface area contributed by atoms with Crippen LogP contribution in [0, 0.1) is 0 Å². The smallest absolute Gasteiger partial charge is 0.224 e. The number of unbranched alkanes of at least 4 members (excludes halogenated alkanes) is 2. The number of likely N-dealkylation sites (N-methyl/N-ethyl adjacent to an activating group) is 1. The summed E-state index contributed by atoms with van der Waals surface area (Å²) in [5.74, 6) is -0.0760. The number of carbonyl (C=O) groups excluding carboxylic acids is 2. The van der Waals surface area contributed by atoms with E-state index in [0.717, 1.165) is 42.5 Å². The number of nitrogens with one attached hydrogen (secondary N) is 2. The van der Waals surface area contributed by atoms with Crippen molar-refractivity contribution in [1.29, 1.82) is 0 Å². The maximum atomic E-state index is 12.6. The molecule has 0 bridgehead atoms. The van der Waals surface area contributed by atoms with Gasteiger partial charge in [0.1, 0.15) is 0 Å². The number of ether oxygens (including phenoxy) is 2. The van der Waals surface area contributed by atoms with Crippen molar-refractivity contribution in [2.45, 2.75) is 77.1 Å². The van der Waals surface area contributed by atoms with Gasteiger partial charge in [0.15, 0.2) is 6.29 Å². The van der Waals surface area contributed by atoms with Crippen molar-refractivity contribution in [2.75, 3.05) is 25.5 Å². The van der Waals surface area contributed by atoms with Crippen LogP contribution in [0.2, 0.25) is 0 Å². The number of amides is 2. The highest BCUT2D eigenvalue weighted by molar-refractivity contribution is 5.90. The molecule has 8 nitrogen and oxygen atoms in total. The largest absolute Gasteiger partial charge is 0.392 e. The number of aliphatic hydroxyl groups is 1. The lowest BCUT2D eigenvalue weighted by Gasteiger charge is -2.39. The van der Waals surface area contributed by atoms with Gasteiger partial charge >= 0.3 is 0 Å². The third-order valence-electron chi connectivity index (χ3n) is 7.95. The quantitative estimate of drug-likeness (QED) is 0.199. The molecular weight excluding hydrogens is 542 g/mol. The second-order valence-corrected chi connectivity index (χ2v) is 11.3. The fourth-order valence-corrected chi connectivity index (χ4v) is 5.34. The molecule has 4 rings (SSSR count). The van der Waals surface area contributed by atoms with Crippen LogP contribution in [0.3, 0.4) is 0 Å². The maximum absolute atomic E-state index is 12.6. The molecule has 1 heterocycles. The minimum Gasteiger partial charge on any atom is -0.392 e. The van der Waals surface area contributed by atoms with Crippen molar-refractivity contribution in [3.63, 3.8) is 0 Å². The summed E-state index contributed by atoms with van der Waals surface area (Å²) < 4.78 is 13.1. The molecule has 1 aliphatic heterocycles. The molecule has 8 heteroatoms. The molecule has 1 saturated heterocycles. The van der Waals surface area contributed by atoms with E-state index >= 15 is 0 Å². The molecule has 43 heavy (non-hydrogen) atoms. The lowest BCUT2D eigenvalue weighted by Crippen LogP contribution is -2.38. The second kappa shape index (κ2) is 16.3. The normalized spacial score (nSPS) is 19.1. The second-order valence-electron chi connectivity index (χ2n) is 11.3. The first kappa shape index (κ1) is 32.4. The summed E-state index contributed by atoms with van der Waals surface area (Å²) in [4.78, 5) is 25.9. The number of hydrogen-bond donors (Lipinski definition) is 3. The van der Waals surface area contributed by atoms with Crippen molar-refractivity contribution in [1.82, 2.24) is 10.2 Å². The molecule has 3 aromatic carbocycles. The van der Waals surface area contributed by atoms with E-state index in [0.29, 0.717) is 25.1 Å². The van der Waals surface area contributed by atoms with Crippen LogP contribution >= 0.6 is 0 Å². The molecule has 2 amide bonds. The molecule has 0 saturated carbocycles. The van der Waals surface area contributed by atoms with Crippen molar-refractivity contribution >= 4 is 17.5 Å².